The van der Waals surface area contributed by atoms with E-state index in [0.717, 1.165) is 32.5 Å². The Balaban J connectivity index is 1.77. The van der Waals surface area contributed by atoms with E-state index in [9.17, 15) is 19.3 Å². The van der Waals surface area contributed by atoms with E-state index in [4.69, 9.17) is 0 Å². The molecule has 1 aliphatic rings. The quantitative estimate of drug-likeness (QED) is 0.243. The van der Waals surface area contributed by atoms with Crippen LogP contribution in [0.25, 0.3) is 0 Å². The highest BCUT2D eigenvalue weighted by Gasteiger charge is 2.25. The monoisotopic (exact) mass is 367 g/mol. The van der Waals surface area contributed by atoms with Crippen molar-refractivity contribution in [3.63, 3.8) is 0 Å². The van der Waals surface area contributed by atoms with Crippen molar-refractivity contribution < 1.29 is 14.1 Å². The molecule has 0 unspecified atom stereocenters. The molecule has 0 aliphatic carbocycles. The van der Waals surface area contributed by atoms with E-state index in [1.807, 2.05) is 0 Å². The van der Waals surface area contributed by atoms with Crippen LogP contribution in [0.4, 0.5) is 4.39 Å². The van der Waals surface area contributed by atoms with Gasteiger partial charge in [-0.2, -0.15) is 0 Å². The van der Waals surface area contributed by atoms with Crippen molar-refractivity contribution in [1.29, 1.82) is 0 Å². The fraction of sp³-hybridized carbons (Fsp3) is 0.529. The molecule has 0 saturated carbocycles. The van der Waals surface area contributed by atoms with Crippen molar-refractivity contribution in [1.82, 2.24) is 4.90 Å². The number of rotatable bonds is 7. The van der Waals surface area contributed by atoms with E-state index >= 15 is 0 Å². The number of hydrogen-bond acceptors (Lipinski definition) is 6. The van der Waals surface area contributed by atoms with E-state index in [1.165, 1.54) is 36.0 Å². The largest absolute Gasteiger partial charge is 0.301 e. The van der Waals surface area contributed by atoms with Crippen LogP contribution in [-0.4, -0.2) is 59.6 Å². The number of nitrogens with zero attached hydrogens (tertiary/aromatic N) is 3. The van der Waals surface area contributed by atoms with Gasteiger partial charge >= 0.3 is 0 Å². The Kier molecular flexibility index (Phi) is 7.52. The van der Waals surface area contributed by atoms with Crippen molar-refractivity contribution in [2.75, 3.05) is 39.0 Å². The number of piperidine rings is 1. The van der Waals surface area contributed by atoms with E-state index in [2.05, 4.69) is 9.89 Å². The van der Waals surface area contributed by atoms with Gasteiger partial charge < -0.3 is 4.90 Å². The molecule has 1 aromatic rings. The summed E-state index contributed by atoms with van der Waals surface area (Å²) < 4.78 is 12.9. The molecule has 136 valence electrons. The third-order valence-electron chi connectivity index (χ3n) is 4.29. The zero-order chi connectivity index (χ0) is 18.2. The molecule has 1 fully saturated rings. The first-order valence-corrected chi connectivity index (χ1v) is 9.43. The zero-order valence-electron chi connectivity index (χ0n) is 14.2. The van der Waals surface area contributed by atoms with Crippen LogP contribution in [0.2, 0.25) is 0 Å². The first-order chi connectivity index (χ1) is 12.0. The molecule has 8 heteroatoms. The molecule has 1 aromatic carbocycles. The second-order valence-electron chi connectivity index (χ2n) is 5.96. The third-order valence-corrected chi connectivity index (χ3v) is 5.02. The maximum atomic E-state index is 12.9. The molecule has 0 radical (unpaired) electrons. The number of carbonyl (C=O) groups is 1. The number of nitro groups is 1. The van der Waals surface area contributed by atoms with Crippen LogP contribution in [0.15, 0.2) is 29.3 Å². The van der Waals surface area contributed by atoms with Gasteiger partial charge in [0.25, 0.3) is 6.54 Å². The highest BCUT2D eigenvalue weighted by atomic mass is 32.2. The molecule has 0 atom stereocenters. The Morgan fingerprint density at radius 2 is 2.00 bits per heavy atom. The molecule has 25 heavy (non-hydrogen) atoms. The molecule has 1 saturated heterocycles. The Labute approximate surface area is 150 Å². The van der Waals surface area contributed by atoms with Crippen molar-refractivity contribution >= 4 is 22.6 Å². The SMILES string of the molecule is CSC(C[N+](=O)[O-])=NCCN1CCC(C(=O)c2ccc(F)cc2)CC1. The molecule has 0 spiro atoms. The fourth-order valence-electron chi connectivity index (χ4n) is 2.87. The summed E-state index contributed by atoms with van der Waals surface area (Å²) in [7, 11) is 0. The summed E-state index contributed by atoms with van der Waals surface area (Å²) in [4.78, 5) is 29.1. The van der Waals surface area contributed by atoms with Gasteiger partial charge in [0.2, 0.25) is 0 Å². The number of ketones is 1. The van der Waals surface area contributed by atoms with Crippen molar-refractivity contribution in [2.45, 2.75) is 12.8 Å². The summed E-state index contributed by atoms with van der Waals surface area (Å²) in [5.41, 5.74) is 0.564. The number of benzene rings is 1. The van der Waals surface area contributed by atoms with E-state index in [-0.39, 0.29) is 29.0 Å². The topological polar surface area (TPSA) is 75.8 Å². The standard InChI is InChI=1S/C17H22FN3O3S/c1-25-16(12-21(23)24)19-8-11-20-9-6-14(7-10-20)17(22)13-2-4-15(18)5-3-13/h2-5,14H,6-12H2,1H3. The highest BCUT2D eigenvalue weighted by molar-refractivity contribution is 8.13. The van der Waals surface area contributed by atoms with Gasteiger partial charge in [0.15, 0.2) is 5.78 Å². The predicted octanol–water partition coefficient (Wildman–Crippen LogP) is 2.76. The molecule has 1 aliphatic heterocycles. The van der Waals surface area contributed by atoms with E-state index < -0.39 is 0 Å². The maximum Gasteiger partial charge on any atom is 0.250 e. The molecule has 0 aromatic heterocycles. The lowest BCUT2D eigenvalue weighted by Crippen LogP contribution is -2.37. The van der Waals surface area contributed by atoms with Gasteiger partial charge in [-0.15, -0.1) is 11.8 Å². The Bertz CT molecular complexity index is 629. The number of hydrogen-bond donors (Lipinski definition) is 0. The number of halogens is 1. The summed E-state index contributed by atoms with van der Waals surface area (Å²) in [6.45, 7) is 2.64. The zero-order valence-corrected chi connectivity index (χ0v) is 15.0. The minimum Gasteiger partial charge on any atom is -0.301 e. The smallest absolute Gasteiger partial charge is 0.250 e. The lowest BCUT2D eigenvalue weighted by atomic mass is 9.89. The molecule has 0 bridgehead atoms. The Morgan fingerprint density at radius 3 is 2.56 bits per heavy atom. The van der Waals surface area contributed by atoms with Gasteiger partial charge in [-0.1, -0.05) is 0 Å². The maximum absolute atomic E-state index is 12.9. The summed E-state index contributed by atoms with van der Waals surface area (Å²) in [5.74, 6) is -0.289. The molecular weight excluding hydrogens is 345 g/mol. The number of carbonyl (C=O) groups excluding carboxylic acids is 1. The molecule has 0 N–H and O–H groups in total. The second-order valence-corrected chi connectivity index (χ2v) is 6.84. The molecular formula is C17H22FN3O3S. The fourth-order valence-corrected chi connectivity index (χ4v) is 3.33. The number of Topliss-reactive ketones (excluding diaryl/α,β-unsaturated/α-hetero) is 1. The average molecular weight is 367 g/mol. The third kappa shape index (κ3) is 6.21. The van der Waals surface area contributed by atoms with Crippen molar-refractivity contribution in [3.8, 4) is 0 Å². The predicted molar refractivity (Wildman–Crippen MR) is 97.6 cm³/mol. The van der Waals surface area contributed by atoms with Gasteiger partial charge in [0.05, 0.1) is 6.54 Å². The molecule has 0 amide bonds. The lowest BCUT2D eigenvalue weighted by molar-refractivity contribution is -0.462. The lowest BCUT2D eigenvalue weighted by Gasteiger charge is -2.30. The first kappa shape index (κ1) is 19.5. The van der Waals surface area contributed by atoms with E-state index in [1.54, 1.807) is 6.26 Å². The summed E-state index contributed by atoms with van der Waals surface area (Å²) in [6.07, 6.45) is 3.32. The Hall–Kier alpha value is -1.80. The highest BCUT2D eigenvalue weighted by Crippen LogP contribution is 2.22. The molecule has 1 heterocycles. The van der Waals surface area contributed by atoms with Crippen LogP contribution < -0.4 is 0 Å². The second kappa shape index (κ2) is 9.62. The van der Waals surface area contributed by atoms with Crippen LogP contribution in [-0.2, 0) is 0 Å². The van der Waals surface area contributed by atoms with Crippen LogP contribution >= 0.6 is 11.8 Å². The number of thioether (sulfide) groups is 1. The minimum absolute atomic E-state index is 0.0264. The van der Waals surface area contributed by atoms with E-state index in [0.29, 0.717) is 17.2 Å². The molecule has 2 rings (SSSR count). The summed E-state index contributed by atoms with van der Waals surface area (Å²) >= 11 is 1.31. The number of likely N-dealkylation sites (tertiary alicyclic amines) is 1. The number of aliphatic imine (C=N–C) groups is 1. The minimum atomic E-state index is -0.373. The normalized spacial score (nSPS) is 16.8. The Morgan fingerprint density at radius 1 is 1.36 bits per heavy atom. The van der Waals surface area contributed by atoms with Gasteiger partial charge in [0.1, 0.15) is 10.9 Å². The van der Waals surface area contributed by atoms with Crippen molar-refractivity contribution in [3.05, 3.63) is 45.8 Å². The molecule has 6 nitrogen and oxygen atoms in total. The van der Waals surface area contributed by atoms with Crippen molar-refractivity contribution in [2.24, 2.45) is 10.9 Å². The summed E-state index contributed by atoms with van der Waals surface area (Å²) in [6, 6.07) is 5.71. The van der Waals surface area contributed by atoms with Gasteiger partial charge in [0, 0.05) is 22.9 Å². The van der Waals surface area contributed by atoms with Gasteiger partial charge in [-0.3, -0.25) is 19.9 Å². The first-order valence-electron chi connectivity index (χ1n) is 8.21. The van der Waals surface area contributed by atoms with Gasteiger partial charge in [-0.25, -0.2) is 4.39 Å². The van der Waals surface area contributed by atoms with Gasteiger partial charge in [-0.05, 0) is 56.5 Å². The van der Waals surface area contributed by atoms with Crippen LogP contribution in [0, 0.1) is 21.8 Å². The van der Waals surface area contributed by atoms with Crippen LogP contribution in [0.5, 0.6) is 0 Å². The average Bonchev–Trinajstić information content (AvgIpc) is 2.61. The van der Waals surface area contributed by atoms with Crippen LogP contribution in [0.1, 0.15) is 23.2 Å². The summed E-state index contributed by atoms with van der Waals surface area (Å²) in [5, 5.41) is 11.1. The van der Waals surface area contributed by atoms with Crippen LogP contribution in [0.3, 0.4) is 0 Å².